The number of carboxylic acid groups (broad SMARTS) is 1. The summed E-state index contributed by atoms with van der Waals surface area (Å²) in [5, 5.41) is 10.1. The van der Waals surface area contributed by atoms with Gasteiger partial charge in [-0.25, -0.2) is 0 Å². The minimum absolute atomic E-state index is 0.0642. The molecule has 29 heavy (non-hydrogen) atoms. The first kappa shape index (κ1) is 20.0. The second kappa shape index (κ2) is 8.59. The molecule has 0 radical (unpaired) electrons. The lowest BCUT2D eigenvalue weighted by Gasteiger charge is -2.16. The molecule has 5 nitrogen and oxygen atoms in total. The summed E-state index contributed by atoms with van der Waals surface area (Å²) in [6.45, 7) is 2.27. The topological polar surface area (TPSA) is 62.9 Å². The van der Waals surface area contributed by atoms with Crippen molar-refractivity contribution in [3.8, 4) is 5.75 Å². The van der Waals surface area contributed by atoms with Crippen LogP contribution in [0.2, 0.25) is 0 Å². The van der Waals surface area contributed by atoms with E-state index in [1.807, 2.05) is 18.2 Å². The Labute approximate surface area is 178 Å². The molecule has 1 saturated carbocycles. The standard InChI is InChI=1S/C23H24BrNO4/c1-25(11-15-6-7-15)12-17-8-19(24)10-20-18(14-29-23(17)20)13-28-21-5-3-2-4-16(21)9-22(26)27/h2-5,8,10,14-15H,6-7,9,11-13H2,1H3,(H,26,27). The summed E-state index contributed by atoms with van der Waals surface area (Å²) in [5.41, 5.74) is 3.64. The molecular formula is C23H24BrNO4. The first-order chi connectivity index (χ1) is 14.0. The van der Waals surface area contributed by atoms with Crippen molar-refractivity contribution in [2.75, 3.05) is 13.6 Å². The van der Waals surface area contributed by atoms with Crippen LogP contribution in [0, 0.1) is 5.92 Å². The average Bonchev–Trinajstić information content (AvgIpc) is 3.38. The minimum Gasteiger partial charge on any atom is -0.488 e. The zero-order valence-corrected chi connectivity index (χ0v) is 17.9. The third-order valence-corrected chi connectivity index (χ3v) is 5.66. The van der Waals surface area contributed by atoms with Gasteiger partial charge in [0.2, 0.25) is 0 Å². The summed E-state index contributed by atoms with van der Waals surface area (Å²) in [4.78, 5) is 13.4. The predicted octanol–water partition coefficient (Wildman–Crippen LogP) is 5.24. The van der Waals surface area contributed by atoms with Gasteiger partial charge in [-0.05, 0) is 44.0 Å². The van der Waals surface area contributed by atoms with Gasteiger partial charge in [-0.3, -0.25) is 4.79 Å². The number of aliphatic carboxylic acids is 1. The van der Waals surface area contributed by atoms with Crippen LogP contribution in [0.4, 0.5) is 0 Å². The summed E-state index contributed by atoms with van der Waals surface area (Å²) in [7, 11) is 2.15. The van der Waals surface area contributed by atoms with Gasteiger partial charge < -0.3 is 19.2 Å². The van der Waals surface area contributed by atoms with E-state index in [0.29, 0.717) is 17.9 Å². The van der Waals surface area contributed by atoms with Gasteiger partial charge in [-0.2, -0.15) is 0 Å². The lowest BCUT2D eigenvalue weighted by Crippen LogP contribution is -2.20. The molecule has 0 atom stereocenters. The van der Waals surface area contributed by atoms with Crippen LogP contribution in [0.15, 0.2) is 51.6 Å². The number of benzene rings is 2. The summed E-state index contributed by atoms with van der Waals surface area (Å²) < 4.78 is 12.9. The Morgan fingerprint density at radius 2 is 2.03 bits per heavy atom. The van der Waals surface area contributed by atoms with Crippen molar-refractivity contribution in [1.82, 2.24) is 4.90 Å². The van der Waals surface area contributed by atoms with Crippen molar-refractivity contribution < 1.29 is 19.1 Å². The molecule has 4 rings (SSSR count). The Balaban J connectivity index is 1.53. The Morgan fingerprint density at radius 3 is 2.79 bits per heavy atom. The van der Waals surface area contributed by atoms with Crippen LogP contribution in [0.3, 0.4) is 0 Å². The smallest absolute Gasteiger partial charge is 0.307 e. The van der Waals surface area contributed by atoms with E-state index in [1.54, 1.807) is 18.4 Å². The van der Waals surface area contributed by atoms with Crippen LogP contribution in [0.5, 0.6) is 5.75 Å². The van der Waals surface area contributed by atoms with E-state index in [-0.39, 0.29) is 6.42 Å². The second-order valence-electron chi connectivity index (χ2n) is 7.81. The van der Waals surface area contributed by atoms with Crippen LogP contribution < -0.4 is 4.74 Å². The molecule has 0 unspecified atom stereocenters. The SMILES string of the molecule is CN(Cc1cc(Br)cc2c(COc3ccccc3CC(=O)O)coc12)CC1CC1. The van der Waals surface area contributed by atoms with E-state index in [4.69, 9.17) is 14.3 Å². The molecule has 1 N–H and O–H groups in total. The van der Waals surface area contributed by atoms with E-state index < -0.39 is 5.97 Å². The number of furan rings is 1. The molecular weight excluding hydrogens is 434 g/mol. The highest BCUT2D eigenvalue weighted by atomic mass is 79.9. The fourth-order valence-corrected chi connectivity index (χ4v) is 4.16. The molecule has 1 aliphatic rings. The molecule has 152 valence electrons. The molecule has 1 heterocycles. The summed E-state index contributed by atoms with van der Waals surface area (Å²) >= 11 is 3.62. The predicted molar refractivity (Wildman–Crippen MR) is 115 cm³/mol. The van der Waals surface area contributed by atoms with Crippen molar-refractivity contribution in [1.29, 1.82) is 0 Å². The van der Waals surface area contributed by atoms with Gasteiger partial charge in [-0.1, -0.05) is 34.1 Å². The molecule has 0 amide bonds. The largest absolute Gasteiger partial charge is 0.488 e. The number of rotatable bonds is 9. The number of carbonyl (C=O) groups is 1. The van der Waals surface area contributed by atoms with Gasteiger partial charge in [0.05, 0.1) is 12.7 Å². The number of fused-ring (bicyclic) bond motifs is 1. The number of halogens is 1. The highest BCUT2D eigenvalue weighted by molar-refractivity contribution is 9.10. The Hall–Kier alpha value is -2.31. The number of hydrogen-bond acceptors (Lipinski definition) is 4. The first-order valence-corrected chi connectivity index (χ1v) is 10.6. The number of ether oxygens (including phenoxy) is 1. The van der Waals surface area contributed by atoms with Crippen LogP contribution in [0.25, 0.3) is 11.0 Å². The van der Waals surface area contributed by atoms with Gasteiger partial charge in [0.15, 0.2) is 0 Å². The summed E-state index contributed by atoms with van der Waals surface area (Å²) in [6.07, 6.45) is 4.35. The van der Waals surface area contributed by atoms with Gasteiger partial charge >= 0.3 is 5.97 Å². The number of carboxylic acids is 1. The van der Waals surface area contributed by atoms with Crippen molar-refractivity contribution in [3.63, 3.8) is 0 Å². The maximum atomic E-state index is 11.1. The average molecular weight is 458 g/mol. The van der Waals surface area contributed by atoms with Crippen molar-refractivity contribution in [3.05, 3.63) is 63.8 Å². The lowest BCUT2D eigenvalue weighted by molar-refractivity contribution is -0.136. The maximum absolute atomic E-state index is 11.1. The highest BCUT2D eigenvalue weighted by Crippen LogP contribution is 2.33. The first-order valence-electron chi connectivity index (χ1n) is 9.79. The normalized spacial score (nSPS) is 13.9. The Kier molecular flexibility index (Phi) is 5.92. The van der Waals surface area contributed by atoms with Crippen molar-refractivity contribution in [2.45, 2.75) is 32.4 Å². The zero-order valence-electron chi connectivity index (χ0n) is 16.4. The van der Waals surface area contributed by atoms with Crippen LogP contribution in [-0.2, 0) is 24.4 Å². The third kappa shape index (κ3) is 5.00. The molecule has 0 aliphatic heterocycles. The van der Waals surface area contributed by atoms with Gasteiger partial charge in [0.25, 0.3) is 0 Å². The fourth-order valence-electron chi connectivity index (χ4n) is 3.66. The Morgan fingerprint density at radius 1 is 1.24 bits per heavy atom. The van der Waals surface area contributed by atoms with Crippen LogP contribution in [0.1, 0.15) is 29.5 Å². The number of para-hydroxylation sites is 1. The third-order valence-electron chi connectivity index (χ3n) is 5.20. The maximum Gasteiger partial charge on any atom is 0.307 e. The second-order valence-corrected chi connectivity index (χ2v) is 8.73. The van der Waals surface area contributed by atoms with Crippen molar-refractivity contribution >= 4 is 32.9 Å². The quantitative estimate of drug-likeness (QED) is 0.475. The zero-order chi connectivity index (χ0) is 20.4. The monoisotopic (exact) mass is 457 g/mol. The van der Waals surface area contributed by atoms with Gasteiger partial charge in [0, 0.05) is 39.6 Å². The molecule has 6 heteroatoms. The van der Waals surface area contributed by atoms with Gasteiger partial charge in [0.1, 0.15) is 17.9 Å². The minimum atomic E-state index is -0.876. The Bertz CT molecular complexity index is 1020. The molecule has 0 spiro atoms. The fraction of sp³-hybridized carbons (Fsp3) is 0.348. The van der Waals surface area contributed by atoms with E-state index in [1.165, 1.54) is 12.8 Å². The van der Waals surface area contributed by atoms with E-state index in [0.717, 1.165) is 45.6 Å². The van der Waals surface area contributed by atoms with Crippen molar-refractivity contribution in [2.24, 2.45) is 5.92 Å². The van der Waals surface area contributed by atoms with Crippen LogP contribution >= 0.6 is 15.9 Å². The molecule has 0 saturated heterocycles. The lowest BCUT2D eigenvalue weighted by atomic mass is 10.1. The van der Waals surface area contributed by atoms with E-state index in [2.05, 4.69) is 33.9 Å². The van der Waals surface area contributed by atoms with E-state index in [9.17, 15) is 4.79 Å². The summed E-state index contributed by atoms with van der Waals surface area (Å²) in [6, 6.07) is 11.4. The molecule has 3 aromatic rings. The highest BCUT2D eigenvalue weighted by Gasteiger charge is 2.23. The molecule has 2 aromatic carbocycles. The molecule has 0 bridgehead atoms. The molecule has 1 fully saturated rings. The van der Waals surface area contributed by atoms with Crippen LogP contribution in [-0.4, -0.2) is 29.6 Å². The molecule has 1 aromatic heterocycles. The van der Waals surface area contributed by atoms with E-state index >= 15 is 0 Å². The number of hydrogen-bond donors (Lipinski definition) is 1. The number of nitrogens with zero attached hydrogens (tertiary/aromatic N) is 1. The van der Waals surface area contributed by atoms with Gasteiger partial charge in [-0.15, -0.1) is 0 Å². The summed E-state index contributed by atoms with van der Waals surface area (Å²) in [5.74, 6) is 0.552. The molecule has 1 aliphatic carbocycles.